The molecular weight excluding hydrogens is 467 g/mol. The average Bonchev–Trinajstić information content (AvgIpc) is 3.08. The first-order chi connectivity index (χ1) is 15.6. The summed E-state index contributed by atoms with van der Waals surface area (Å²) in [4.78, 5) is 4.58. The first kappa shape index (κ1) is 23.2. The summed E-state index contributed by atoms with van der Waals surface area (Å²) in [6.45, 7) is 5.58. The van der Waals surface area contributed by atoms with Crippen molar-refractivity contribution in [1.82, 2.24) is 19.3 Å². The van der Waals surface area contributed by atoms with E-state index in [4.69, 9.17) is 16.3 Å². The van der Waals surface area contributed by atoms with Crippen LogP contribution in [0.15, 0.2) is 47.4 Å². The number of fused-ring (bicyclic) bond motifs is 1. The van der Waals surface area contributed by atoms with Gasteiger partial charge < -0.3 is 4.74 Å². The van der Waals surface area contributed by atoms with Gasteiger partial charge in [0.15, 0.2) is 5.65 Å². The van der Waals surface area contributed by atoms with Crippen molar-refractivity contribution < 1.29 is 17.5 Å². The fourth-order valence-corrected chi connectivity index (χ4v) is 5.16. The largest absolute Gasteiger partial charge is 0.495 e. The molecule has 0 aliphatic heterocycles. The maximum absolute atomic E-state index is 13.3. The number of aromatic nitrogens is 3. The molecule has 4 rings (SSSR count). The third-order valence-corrected chi connectivity index (χ3v) is 7.05. The summed E-state index contributed by atoms with van der Waals surface area (Å²) in [6.07, 6.45) is 0. The van der Waals surface area contributed by atoms with Gasteiger partial charge in [0.1, 0.15) is 16.5 Å². The van der Waals surface area contributed by atoms with Gasteiger partial charge in [-0.2, -0.15) is 5.10 Å². The molecule has 1 N–H and O–H groups in total. The molecule has 33 heavy (non-hydrogen) atoms. The van der Waals surface area contributed by atoms with Crippen LogP contribution >= 0.6 is 11.6 Å². The van der Waals surface area contributed by atoms with E-state index in [-0.39, 0.29) is 22.2 Å². The van der Waals surface area contributed by atoms with Gasteiger partial charge in [0.25, 0.3) is 0 Å². The van der Waals surface area contributed by atoms with E-state index in [1.165, 1.54) is 25.3 Å². The van der Waals surface area contributed by atoms with E-state index in [0.717, 1.165) is 28.7 Å². The highest BCUT2D eigenvalue weighted by Crippen LogP contribution is 2.34. The second-order valence-corrected chi connectivity index (χ2v) is 9.80. The number of methoxy groups -OCH3 is 1. The normalized spacial score (nSPS) is 11.8. The monoisotopic (exact) mass is 488 g/mol. The molecule has 2 aromatic heterocycles. The molecule has 0 saturated heterocycles. The maximum atomic E-state index is 13.3. The van der Waals surface area contributed by atoms with Gasteiger partial charge in [-0.1, -0.05) is 23.7 Å². The number of benzene rings is 2. The van der Waals surface area contributed by atoms with E-state index >= 15 is 0 Å². The number of sulfonamides is 1. The fraction of sp³-hybridized carbons (Fsp3) is 0.217. The van der Waals surface area contributed by atoms with E-state index in [1.807, 2.05) is 26.8 Å². The zero-order valence-corrected chi connectivity index (χ0v) is 20.1. The third kappa shape index (κ3) is 4.44. The molecule has 7 nitrogen and oxygen atoms in total. The van der Waals surface area contributed by atoms with Crippen LogP contribution in [-0.4, -0.2) is 30.1 Å². The van der Waals surface area contributed by atoms with Gasteiger partial charge in [0, 0.05) is 28.5 Å². The van der Waals surface area contributed by atoms with Crippen LogP contribution in [0.3, 0.4) is 0 Å². The SMILES string of the molecule is COc1ccc(-c2c(C)nn3c(C)cc(C)nc23)cc1S(=O)(=O)NCc1ccc(F)cc1Cl. The van der Waals surface area contributed by atoms with Crippen LogP contribution in [0, 0.1) is 26.6 Å². The molecule has 2 heterocycles. The summed E-state index contributed by atoms with van der Waals surface area (Å²) in [6, 6.07) is 10.6. The standard InChI is InChI=1S/C23H22ClFN4O3S/c1-13-9-14(2)29-23(27-13)22(15(3)28-29)16-6-8-20(32-4)21(10-16)33(30,31)26-12-17-5-7-18(25)11-19(17)24/h5-11,26H,12H2,1-4H3. The van der Waals surface area contributed by atoms with E-state index < -0.39 is 15.8 Å². The summed E-state index contributed by atoms with van der Waals surface area (Å²) in [7, 11) is -2.60. The quantitative estimate of drug-likeness (QED) is 0.428. The van der Waals surface area contributed by atoms with Crippen LogP contribution in [0.25, 0.3) is 16.8 Å². The van der Waals surface area contributed by atoms with Crippen molar-refractivity contribution in [2.45, 2.75) is 32.2 Å². The highest BCUT2D eigenvalue weighted by atomic mass is 35.5. The van der Waals surface area contributed by atoms with Crippen LogP contribution in [0.5, 0.6) is 5.75 Å². The van der Waals surface area contributed by atoms with Crippen molar-refractivity contribution in [2.75, 3.05) is 7.11 Å². The number of halogens is 2. The molecule has 172 valence electrons. The number of nitrogens with zero attached hydrogens (tertiary/aromatic N) is 3. The molecule has 2 aromatic carbocycles. The van der Waals surface area contributed by atoms with Crippen LogP contribution in [0.2, 0.25) is 5.02 Å². The first-order valence-electron chi connectivity index (χ1n) is 10.1. The molecule has 4 aromatic rings. The predicted octanol–water partition coefficient (Wildman–Crippen LogP) is 4.60. The minimum atomic E-state index is -4.00. The van der Waals surface area contributed by atoms with Crippen molar-refractivity contribution in [1.29, 1.82) is 0 Å². The number of hydrogen-bond donors (Lipinski definition) is 1. The van der Waals surface area contributed by atoms with Crippen LogP contribution in [0.4, 0.5) is 4.39 Å². The predicted molar refractivity (Wildman–Crippen MR) is 125 cm³/mol. The van der Waals surface area contributed by atoms with Gasteiger partial charge in [0.05, 0.1) is 12.8 Å². The molecule has 0 saturated carbocycles. The summed E-state index contributed by atoms with van der Waals surface area (Å²) in [5.41, 5.74) is 4.94. The van der Waals surface area contributed by atoms with Crippen molar-refractivity contribution in [3.8, 4) is 16.9 Å². The molecule has 0 aliphatic rings. The highest BCUT2D eigenvalue weighted by Gasteiger charge is 2.23. The lowest BCUT2D eigenvalue weighted by molar-refractivity contribution is 0.402. The second-order valence-electron chi connectivity index (χ2n) is 7.66. The molecule has 0 radical (unpaired) electrons. The molecule has 0 bridgehead atoms. The molecule has 10 heteroatoms. The second kappa shape index (κ2) is 8.74. The Morgan fingerprint density at radius 3 is 2.58 bits per heavy atom. The molecule has 0 amide bonds. The maximum Gasteiger partial charge on any atom is 0.244 e. The lowest BCUT2D eigenvalue weighted by Crippen LogP contribution is -2.24. The number of ether oxygens (including phenoxy) is 1. The van der Waals surface area contributed by atoms with E-state index in [2.05, 4.69) is 14.8 Å². The summed E-state index contributed by atoms with van der Waals surface area (Å²) in [5.74, 6) is -0.310. The van der Waals surface area contributed by atoms with Gasteiger partial charge in [-0.15, -0.1) is 0 Å². The van der Waals surface area contributed by atoms with E-state index in [0.29, 0.717) is 16.8 Å². The molecule has 0 fully saturated rings. The highest BCUT2D eigenvalue weighted by molar-refractivity contribution is 7.89. The van der Waals surface area contributed by atoms with E-state index in [1.54, 1.807) is 16.6 Å². The Hall–Kier alpha value is -3.01. The lowest BCUT2D eigenvalue weighted by Gasteiger charge is -2.13. The topological polar surface area (TPSA) is 85.6 Å². The Labute approximate surface area is 196 Å². The minimum absolute atomic E-state index is 0.0381. The number of aryl methyl sites for hydroxylation is 3. The zero-order valence-electron chi connectivity index (χ0n) is 18.5. The Bertz CT molecular complexity index is 1490. The van der Waals surface area contributed by atoms with Crippen molar-refractivity contribution in [2.24, 2.45) is 0 Å². The summed E-state index contributed by atoms with van der Waals surface area (Å²) < 4.78 is 49.3. The van der Waals surface area contributed by atoms with Crippen molar-refractivity contribution in [3.05, 3.63) is 75.9 Å². The molecule has 0 spiro atoms. The van der Waals surface area contributed by atoms with Gasteiger partial charge in [-0.05, 0) is 62.2 Å². The van der Waals surface area contributed by atoms with Crippen molar-refractivity contribution >= 4 is 27.3 Å². The van der Waals surface area contributed by atoms with Crippen LogP contribution in [0.1, 0.15) is 22.6 Å². The van der Waals surface area contributed by atoms with Gasteiger partial charge in [0.2, 0.25) is 10.0 Å². The zero-order chi connectivity index (χ0) is 23.9. The van der Waals surface area contributed by atoms with Gasteiger partial charge in [-0.3, -0.25) is 0 Å². The third-order valence-electron chi connectivity index (χ3n) is 5.28. The Morgan fingerprint density at radius 2 is 1.88 bits per heavy atom. The van der Waals surface area contributed by atoms with Gasteiger partial charge >= 0.3 is 0 Å². The van der Waals surface area contributed by atoms with Crippen LogP contribution in [-0.2, 0) is 16.6 Å². The number of nitrogens with one attached hydrogen (secondary N) is 1. The van der Waals surface area contributed by atoms with Crippen LogP contribution < -0.4 is 9.46 Å². The summed E-state index contributed by atoms with van der Waals surface area (Å²) >= 11 is 6.04. The first-order valence-corrected chi connectivity index (χ1v) is 11.9. The van der Waals surface area contributed by atoms with Gasteiger partial charge in [-0.25, -0.2) is 27.0 Å². The number of rotatable bonds is 6. The molecular formula is C23H22ClFN4O3S. The minimum Gasteiger partial charge on any atom is -0.495 e. The Morgan fingerprint density at radius 1 is 1.12 bits per heavy atom. The Kier molecular flexibility index (Phi) is 6.13. The Balaban J connectivity index is 1.78. The smallest absolute Gasteiger partial charge is 0.244 e. The van der Waals surface area contributed by atoms with E-state index in [9.17, 15) is 12.8 Å². The fourth-order valence-electron chi connectivity index (χ4n) is 3.72. The average molecular weight is 489 g/mol. The molecule has 0 aliphatic carbocycles. The van der Waals surface area contributed by atoms with Crippen molar-refractivity contribution in [3.63, 3.8) is 0 Å². The lowest BCUT2D eigenvalue weighted by atomic mass is 10.1. The number of hydrogen-bond acceptors (Lipinski definition) is 5. The molecule has 0 unspecified atom stereocenters. The summed E-state index contributed by atoms with van der Waals surface area (Å²) in [5, 5.41) is 4.71. The molecule has 0 atom stereocenters.